The molecule has 0 amide bonds. The van der Waals surface area contributed by atoms with Crippen molar-refractivity contribution >= 4 is 89.5 Å². The summed E-state index contributed by atoms with van der Waals surface area (Å²) < 4.78 is 4.81. The maximum atomic E-state index is 2.52. The molecule has 2 aliphatic rings. The Morgan fingerprint density at radius 3 is 1.03 bits per heavy atom. The largest absolute Gasteiger partial charge is 0.309 e. The van der Waals surface area contributed by atoms with Crippen LogP contribution in [0.2, 0.25) is 0 Å². The number of rotatable bonds is 8. The van der Waals surface area contributed by atoms with Gasteiger partial charge in [0.25, 0.3) is 0 Å². The van der Waals surface area contributed by atoms with Gasteiger partial charge in [-0.05, 0) is 183 Å². The molecule has 2 aromatic heterocycles. The molecule has 17 rings (SSSR count). The number of hydrogen-bond acceptors (Lipinski definition) is 0. The lowest BCUT2D eigenvalue weighted by Crippen LogP contribution is -2.17. The summed E-state index contributed by atoms with van der Waals surface area (Å²) in [5.74, 6) is 0. The average Bonchev–Trinajstić information content (AvgIpc) is 1.74. The molecule has 2 heterocycles. The molecule has 0 fully saturated rings. The molecule has 2 aliphatic carbocycles. The number of nitrogens with zero attached hydrogens (tertiary/aromatic N) is 2. The molecule has 0 aliphatic heterocycles. The minimum Gasteiger partial charge on any atom is -0.309 e. The van der Waals surface area contributed by atoms with Crippen molar-refractivity contribution in [2.24, 2.45) is 0 Å². The zero-order valence-electron chi connectivity index (χ0n) is 48.6. The van der Waals surface area contributed by atoms with E-state index < -0.39 is 0 Å². The first-order valence-corrected chi connectivity index (χ1v) is 30.2. The number of para-hydroxylation sites is 2. The molecule has 0 atom stereocenters. The summed E-state index contributed by atoms with van der Waals surface area (Å²) in [7, 11) is 0. The second-order valence-electron chi connectivity index (χ2n) is 24.9. The van der Waals surface area contributed by atoms with Crippen LogP contribution in [-0.4, -0.2) is 9.13 Å². The third kappa shape index (κ3) is 7.86. The predicted octanol–water partition coefficient (Wildman–Crippen LogP) is 22.5. The molecule has 0 unspecified atom stereocenters. The second kappa shape index (κ2) is 19.0. The first-order chi connectivity index (χ1) is 42.1. The average molecular weight is 1100 g/mol. The quantitative estimate of drug-likeness (QED) is 0.134. The van der Waals surface area contributed by atoms with E-state index in [1.165, 1.54) is 166 Å². The first-order valence-electron chi connectivity index (χ1n) is 30.2. The molecule has 0 radical (unpaired) electrons. The van der Waals surface area contributed by atoms with Gasteiger partial charge in [-0.1, -0.05) is 246 Å². The molecule has 2 heteroatoms. The van der Waals surface area contributed by atoms with Gasteiger partial charge in [-0.25, -0.2) is 0 Å². The van der Waals surface area contributed by atoms with Gasteiger partial charge in [0.15, 0.2) is 0 Å². The van der Waals surface area contributed by atoms with Crippen molar-refractivity contribution in [3.05, 3.63) is 311 Å². The Bertz CT molecular complexity index is 5040. The van der Waals surface area contributed by atoms with Crippen LogP contribution in [0.4, 0.5) is 0 Å². The Morgan fingerprint density at radius 2 is 0.593 bits per heavy atom. The van der Waals surface area contributed by atoms with E-state index in [1.54, 1.807) is 0 Å². The van der Waals surface area contributed by atoms with Crippen LogP contribution in [-0.2, 0) is 10.8 Å². The lowest BCUT2D eigenvalue weighted by Gasteiger charge is -2.24. The standard InChI is InChI=1S/C84H60N2/c1-83(2)75-45-55(23-21-53-25-31-59(32-26-53)63-37-43-81-73(49-63)69-17-9-11-19-79(69)85(81)65-39-35-57-13-5-7-15-61(57)47-65)29-41-67(75)71-52-78-72(51-77(71)83)68-42-30-56(46-76(68)84(78,3)4)24-22-54-27-33-60(34-28-54)64-38-44-82-74(50-64)70-18-10-12-20-80(70)86(82)66-40-36-58-14-6-8-16-62(58)48-66/h5-52H,1-4H3. The molecule has 13 aromatic carbocycles. The van der Waals surface area contributed by atoms with Gasteiger partial charge in [-0.15, -0.1) is 0 Å². The second-order valence-corrected chi connectivity index (χ2v) is 24.9. The monoisotopic (exact) mass is 1100 g/mol. The molecular weight excluding hydrogens is 1040 g/mol. The van der Waals surface area contributed by atoms with Crippen LogP contribution in [0.3, 0.4) is 0 Å². The number of hydrogen-bond donors (Lipinski definition) is 0. The third-order valence-corrected chi connectivity index (χ3v) is 19.3. The van der Waals surface area contributed by atoms with E-state index in [0.717, 1.165) is 0 Å². The van der Waals surface area contributed by atoms with E-state index in [1.807, 2.05) is 0 Å². The lowest BCUT2D eigenvalue weighted by atomic mass is 9.79. The first kappa shape index (κ1) is 50.0. The number of benzene rings is 13. The zero-order chi connectivity index (χ0) is 57.4. The van der Waals surface area contributed by atoms with Crippen molar-refractivity contribution < 1.29 is 0 Å². The van der Waals surface area contributed by atoms with Crippen LogP contribution in [0.1, 0.15) is 72.2 Å². The van der Waals surface area contributed by atoms with E-state index in [9.17, 15) is 0 Å². The van der Waals surface area contributed by atoms with E-state index in [-0.39, 0.29) is 10.8 Å². The molecule has 0 saturated carbocycles. The van der Waals surface area contributed by atoms with Crippen molar-refractivity contribution in [3.8, 4) is 55.9 Å². The summed E-state index contributed by atoms with van der Waals surface area (Å²) in [4.78, 5) is 0. The van der Waals surface area contributed by atoms with E-state index in [4.69, 9.17) is 0 Å². The van der Waals surface area contributed by atoms with Gasteiger partial charge in [-0.2, -0.15) is 0 Å². The lowest BCUT2D eigenvalue weighted by molar-refractivity contribution is 0.652. The zero-order valence-corrected chi connectivity index (χ0v) is 48.6. The van der Waals surface area contributed by atoms with Crippen LogP contribution in [0, 0.1) is 0 Å². The summed E-state index contributed by atoms with van der Waals surface area (Å²) in [6.45, 7) is 9.62. The molecule has 0 bridgehead atoms. The molecule has 406 valence electrons. The van der Waals surface area contributed by atoms with Gasteiger partial charge >= 0.3 is 0 Å². The van der Waals surface area contributed by atoms with Crippen molar-refractivity contribution in [1.29, 1.82) is 0 Å². The van der Waals surface area contributed by atoms with Gasteiger partial charge < -0.3 is 9.13 Å². The summed E-state index contributed by atoms with van der Waals surface area (Å²) in [6.07, 6.45) is 9.06. The fraction of sp³-hybridized carbons (Fsp3) is 0.0714. The van der Waals surface area contributed by atoms with Crippen LogP contribution >= 0.6 is 0 Å². The van der Waals surface area contributed by atoms with Crippen LogP contribution in [0.15, 0.2) is 267 Å². The van der Waals surface area contributed by atoms with E-state index in [0.29, 0.717) is 0 Å². The van der Waals surface area contributed by atoms with Crippen molar-refractivity contribution in [2.75, 3.05) is 0 Å². The Kier molecular flexibility index (Phi) is 11.0. The summed E-state index contributed by atoms with van der Waals surface area (Å²) in [5, 5.41) is 10.0. The highest BCUT2D eigenvalue weighted by Crippen LogP contribution is 2.56. The fourth-order valence-corrected chi connectivity index (χ4v) is 14.7. The highest BCUT2D eigenvalue weighted by Gasteiger charge is 2.42. The summed E-state index contributed by atoms with van der Waals surface area (Å²) >= 11 is 0. The molecule has 15 aromatic rings. The minimum atomic E-state index is -0.148. The molecule has 0 spiro atoms. The van der Waals surface area contributed by atoms with Gasteiger partial charge in [0.1, 0.15) is 0 Å². The maximum absolute atomic E-state index is 2.52. The van der Waals surface area contributed by atoms with Gasteiger partial charge in [-0.3, -0.25) is 0 Å². The smallest absolute Gasteiger partial charge is 0.0541 e. The van der Waals surface area contributed by atoms with Crippen LogP contribution in [0.25, 0.3) is 145 Å². The normalized spacial score (nSPS) is 13.9. The number of aromatic nitrogens is 2. The molecule has 2 nitrogen and oxygen atoms in total. The number of fused-ring (bicyclic) bond motifs is 14. The maximum Gasteiger partial charge on any atom is 0.0541 e. The van der Waals surface area contributed by atoms with Gasteiger partial charge in [0.2, 0.25) is 0 Å². The molecule has 0 saturated heterocycles. The highest BCUT2D eigenvalue weighted by molar-refractivity contribution is 6.12. The summed E-state index contributed by atoms with van der Waals surface area (Å²) in [5.41, 5.74) is 27.6. The topological polar surface area (TPSA) is 9.86 Å². The third-order valence-electron chi connectivity index (χ3n) is 19.3. The van der Waals surface area contributed by atoms with Crippen molar-refractivity contribution in [2.45, 2.75) is 38.5 Å². The van der Waals surface area contributed by atoms with Crippen LogP contribution < -0.4 is 0 Å². The Hall–Kier alpha value is -10.5. The molecule has 0 N–H and O–H groups in total. The Balaban J connectivity index is 0.600. The van der Waals surface area contributed by atoms with Crippen LogP contribution in [0.5, 0.6) is 0 Å². The van der Waals surface area contributed by atoms with Crippen molar-refractivity contribution in [3.63, 3.8) is 0 Å². The fourth-order valence-electron chi connectivity index (χ4n) is 14.7. The molecular formula is C84H60N2. The SMILES string of the molecule is CC1(C)c2cc(C=Cc3ccc(-c4ccc5c(c4)c4ccccc4n5-c4ccc5ccccc5c4)cc3)ccc2-c2cc3c(cc21)-c1ccc(C=Cc2ccc(-c4ccc5c(c4)c4ccccc4n5-c4ccc5ccccc5c4)cc2)cc1C3(C)C. The highest BCUT2D eigenvalue weighted by atomic mass is 15.0. The van der Waals surface area contributed by atoms with Gasteiger partial charge in [0, 0.05) is 43.7 Å². The van der Waals surface area contributed by atoms with E-state index in [2.05, 4.69) is 328 Å². The predicted molar refractivity (Wildman–Crippen MR) is 367 cm³/mol. The summed E-state index contributed by atoms with van der Waals surface area (Å²) in [6, 6.07) is 99.4. The van der Waals surface area contributed by atoms with Gasteiger partial charge in [0.05, 0.1) is 22.1 Å². The Morgan fingerprint density at radius 1 is 0.244 bits per heavy atom. The van der Waals surface area contributed by atoms with Crippen molar-refractivity contribution in [1.82, 2.24) is 9.13 Å². The Labute approximate surface area is 501 Å². The minimum absolute atomic E-state index is 0.148. The van der Waals surface area contributed by atoms with E-state index >= 15 is 0 Å². The molecule has 86 heavy (non-hydrogen) atoms.